The van der Waals surface area contributed by atoms with Gasteiger partial charge in [0.1, 0.15) is 11.6 Å². The fraction of sp³-hybridized carbons (Fsp3) is 0.333. The Labute approximate surface area is 209 Å². The van der Waals surface area contributed by atoms with Crippen LogP contribution >= 0.6 is 24.0 Å². The average Bonchev–Trinajstić information content (AvgIpc) is 3.19. The summed E-state index contributed by atoms with van der Waals surface area (Å²) in [5.41, 5.74) is 2.81. The summed E-state index contributed by atoms with van der Waals surface area (Å²) in [6, 6.07) is 12.4. The Morgan fingerprint density at radius 1 is 1.24 bits per heavy atom. The van der Waals surface area contributed by atoms with Gasteiger partial charge in [0, 0.05) is 43.3 Å². The minimum absolute atomic E-state index is 0. The van der Waals surface area contributed by atoms with Crippen LogP contribution in [0, 0.1) is 5.82 Å². The number of nitrogens with zero attached hydrogens (tertiary/aromatic N) is 2. The number of benzene rings is 2. The Morgan fingerprint density at radius 3 is 2.94 bits per heavy atom. The molecule has 0 atom stereocenters. The maximum absolute atomic E-state index is 13.6. The molecular weight excluding hydrogens is 536 g/mol. The lowest BCUT2D eigenvalue weighted by Crippen LogP contribution is -2.40. The van der Waals surface area contributed by atoms with Crippen LogP contribution < -0.4 is 20.3 Å². The zero-order valence-electron chi connectivity index (χ0n) is 18.6. The zero-order valence-corrected chi connectivity index (χ0v) is 20.9. The van der Waals surface area contributed by atoms with Gasteiger partial charge in [-0.25, -0.2) is 4.39 Å². The molecule has 0 bridgehead atoms. The zero-order chi connectivity index (χ0) is 22.3. The van der Waals surface area contributed by atoms with Crippen molar-refractivity contribution in [2.45, 2.75) is 19.8 Å². The van der Waals surface area contributed by atoms with Crippen molar-refractivity contribution < 1.29 is 13.9 Å². The molecule has 7 nitrogen and oxygen atoms in total. The number of guanidine groups is 1. The van der Waals surface area contributed by atoms with Crippen LogP contribution in [-0.4, -0.2) is 49.6 Å². The first-order chi connectivity index (χ1) is 15.7. The van der Waals surface area contributed by atoms with Gasteiger partial charge < -0.3 is 25.3 Å². The molecule has 0 spiro atoms. The standard InChI is InChI=1S/C24H28FN5O2.HI/c1-2-26-24(28-12-10-17-15-29-20-9-8-18(25)14-19(17)20)27-11-5-13-30-21-6-3-4-7-22(21)32-16-23(30)31;/h3-4,6-9,14-15,29H,2,5,10-13,16H2,1H3,(H2,26,27,28);1H. The molecule has 0 saturated carbocycles. The molecule has 0 radical (unpaired) electrons. The lowest BCUT2D eigenvalue weighted by Gasteiger charge is -2.29. The molecule has 0 fully saturated rings. The van der Waals surface area contributed by atoms with Gasteiger partial charge in [0.2, 0.25) is 0 Å². The number of aromatic amines is 1. The number of anilines is 1. The van der Waals surface area contributed by atoms with Crippen molar-refractivity contribution in [3.8, 4) is 5.75 Å². The molecular formula is C24H29FIN5O2. The van der Waals surface area contributed by atoms with Crippen molar-refractivity contribution in [1.82, 2.24) is 15.6 Å². The van der Waals surface area contributed by atoms with Crippen LogP contribution in [0.15, 0.2) is 53.7 Å². The van der Waals surface area contributed by atoms with E-state index >= 15 is 0 Å². The lowest BCUT2D eigenvalue weighted by molar-refractivity contribution is -0.121. The number of rotatable bonds is 8. The molecule has 4 rings (SSSR count). The summed E-state index contributed by atoms with van der Waals surface area (Å²) in [4.78, 5) is 21.9. The quantitative estimate of drug-likeness (QED) is 0.168. The molecule has 1 amide bonds. The first-order valence-corrected chi connectivity index (χ1v) is 11.0. The molecule has 1 aliphatic heterocycles. The molecule has 2 aromatic carbocycles. The van der Waals surface area contributed by atoms with Gasteiger partial charge in [0.05, 0.1) is 5.69 Å². The highest BCUT2D eigenvalue weighted by atomic mass is 127. The monoisotopic (exact) mass is 565 g/mol. The van der Waals surface area contributed by atoms with E-state index in [4.69, 9.17) is 4.74 Å². The second-order valence-electron chi connectivity index (χ2n) is 7.60. The maximum atomic E-state index is 13.6. The van der Waals surface area contributed by atoms with E-state index in [0.29, 0.717) is 19.6 Å². The molecule has 2 heterocycles. The Bertz CT molecular complexity index is 1120. The van der Waals surface area contributed by atoms with Crippen LogP contribution in [0.3, 0.4) is 0 Å². The van der Waals surface area contributed by atoms with Crippen molar-refractivity contribution in [3.63, 3.8) is 0 Å². The number of carbonyl (C=O) groups is 1. The van der Waals surface area contributed by atoms with Crippen molar-refractivity contribution in [2.24, 2.45) is 4.99 Å². The Balaban J connectivity index is 0.00000306. The fourth-order valence-electron chi connectivity index (χ4n) is 3.83. The third kappa shape index (κ3) is 6.16. The smallest absolute Gasteiger partial charge is 0.265 e. The number of nitrogens with one attached hydrogen (secondary N) is 3. The van der Waals surface area contributed by atoms with E-state index in [1.807, 2.05) is 37.4 Å². The topological polar surface area (TPSA) is 81.8 Å². The summed E-state index contributed by atoms with van der Waals surface area (Å²) in [6.45, 7) is 4.68. The molecule has 0 saturated heterocycles. The van der Waals surface area contributed by atoms with Gasteiger partial charge in [-0.1, -0.05) is 12.1 Å². The van der Waals surface area contributed by atoms with E-state index in [2.05, 4.69) is 20.6 Å². The number of hydrogen-bond donors (Lipinski definition) is 3. The van der Waals surface area contributed by atoms with Crippen LogP contribution in [0.1, 0.15) is 18.9 Å². The lowest BCUT2D eigenvalue weighted by atomic mass is 10.1. The summed E-state index contributed by atoms with van der Waals surface area (Å²) in [5.74, 6) is 1.20. The molecule has 176 valence electrons. The second kappa shape index (κ2) is 11.9. The predicted molar refractivity (Wildman–Crippen MR) is 140 cm³/mol. The van der Waals surface area contributed by atoms with E-state index in [-0.39, 0.29) is 42.3 Å². The van der Waals surface area contributed by atoms with Crippen LogP contribution in [0.25, 0.3) is 10.9 Å². The highest BCUT2D eigenvalue weighted by molar-refractivity contribution is 14.0. The number of H-pyrrole nitrogens is 1. The Hall–Kier alpha value is -2.82. The van der Waals surface area contributed by atoms with Crippen molar-refractivity contribution in [2.75, 3.05) is 37.7 Å². The summed E-state index contributed by atoms with van der Waals surface area (Å²) in [5, 5.41) is 7.48. The van der Waals surface area contributed by atoms with Crippen LogP contribution in [0.5, 0.6) is 5.75 Å². The van der Waals surface area contributed by atoms with Gasteiger partial charge in [-0.05, 0) is 55.7 Å². The summed E-state index contributed by atoms with van der Waals surface area (Å²) in [7, 11) is 0. The number of aliphatic imine (C=N–C) groups is 1. The molecule has 0 aliphatic carbocycles. The summed E-state index contributed by atoms with van der Waals surface area (Å²) < 4.78 is 19.1. The SMILES string of the molecule is CCNC(=NCCCN1C(=O)COc2ccccc21)NCCc1c[nH]c2ccc(F)cc12.I. The number of fused-ring (bicyclic) bond motifs is 2. The van der Waals surface area contributed by atoms with E-state index in [1.165, 1.54) is 6.07 Å². The highest BCUT2D eigenvalue weighted by Gasteiger charge is 2.24. The van der Waals surface area contributed by atoms with Crippen LogP contribution in [0.4, 0.5) is 10.1 Å². The Kier molecular flexibility index (Phi) is 8.93. The first-order valence-electron chi connectivity index (χ1n) is 11.0. The third-order valence-corrected chi connectivity index (χ3v) is 5.38. The third-order valence-electron chi connectivity index (χ3n) is 5.38. The van der Waals surface area contributed by atoms with E-state index < -0.39 is 0 Å². The number of halogens is 2. The van der Waals surface area contributed by atoms with Gasteiger partial charge in [-0.15, -0.1) is 24.0 Å². The van der Waals surface area contributed by atoms with Crippen molar-refractivity contribution in [3.05, 3.63) is 60.0 Å². The molecule has 0 unspecified atom stereocenters. The molecule has 9 heteroatoms. The number of para-hydroxylation sites is 2. The minimum atomic E-state index is -0.234. The number of amides is 1. The van der Waals surface area contributed by atoms with Crippen molar-refractivity contribution >= 4 is 52.4 Å². The summed E-state index contributed by atoms with van der Waals surface area (Å²) in [6.07, 6.45) is 3.40. The first kappa shape index (κ1) is 24.8. The van der Waals surface area contributed by atoms with Gasteiger partial charge in [-0.2, -0.15) is 0 Å². The van der Waals surface area contributed by atoms with E-state index in [1.54, 1.807) is 17.0 Å². The Morgan fingerprint density at radius 2 is 2.09 bits per heavy atom. The van der Waals surface area contributed by atoms with Gasteiger partial charge in [0.25, 0.3) is 5.91 Å². The largest absolute Gasteiger partial charge is 0.482 e. The van der Waals surface area contributed by atoms with Crippen LogP contribution in [0.2, 0.25) is 0 Å². The molecule has 33 heavy (non-hydrogen) atoms. The van der Waals surface area contributed by atoms with Crippen LogP contribution in [-0.2, 0) is 11.2 Å². The van der Waals surface area contributed by atoms with Gasteiger partial charge >= 0.3 is 0 Å². The molecule has 3 aromatic rings. The number of carbonyl (C=O) groups excluding carboxylic acids is 1. The minimum Gasteiger partial charge on any atom is -0.482 e. The van der Waals surface area contributed by atoms with Gasteiger partial charge in [-0.3, -0.25) is 9.79 Å². The second-order valence-corrected chi connectivity index (χ2v) is 7.60. The number of ether oxygens (including phenoxy) is 1. The normalized spacial score (nSPS) is 13.3. The number of aromatic nitrogens is 1. The molecule has 1 aromatic heterocycles. The summed E-state index contributed by atoms with van der Waals surface area (Å²) >= 11 is 0. The molecule has 3 N–H and O–H groups in total. The average molecular weight is 565 g/mol. The van der Waals surface area contributed by atoms with Gasteiger partial charge in [0.15, 0.2) is 12.6 Å². The van der Waals surface area contributed by atoms with E-state index in [0.717, 1.165) is 53.2 Å². The fourth-order valence-corrected chi connectivity index (χ4v) is 3.83. The number of hydrogen-bond acceptors (Lipinski definition) is 3. The highest BCUT2D eigenvalue weighted by Crippen LogP contribution is 2.31. The predicted octanol–water partition coefficient (Wildman–Crippen LogP) is 3.84. The van der Waals surface area contributed by atoms with E-state index in [9.17, 15) is 9.18 Å². The van der Waals surface area contributed by atoms with Crippen molar-refractivity contribution in [1.29, 1.82) is 0 Å². The maximum Gasteiger partial charge on any atom is 0.265 e. The molecule has 1 aliphatic rings.